The number of hydrogen-bond donors (Lipinski definition) is 3. The maximum atomic E-state index is 12.5. The number of nitrogens with one attached hydrogen (secondary N) is 1. The first-order valence-electron chi connectivity index (χ1n) is 7.60. The average molecular weight is 378 g/mol. The van der Waals surface area contributed by atoms with Crippen LogP contribution >= 0.6 is 0 Å². The minimum absolute atomic E-state index is 0.0559. The highest BCUT2D eigenvalue weighted by molar-refractivity contribution is 7.92. The lowest BCUT2D eigenvalue weighted by molar-refractivity contribution is -0.149. The van der Waals surface area contributed by atoms with Gasteiger partial charge in [-0.15, -0.1) is 0 Å². The van der Waals surface area contributed by atoms with E-state index in [2.05, 4.69) is 5.32 Å². The zero-order valence-electron chi connectivity index (χ0n) is 13.6. The van der Waals surface area contributed by atoms with Crippen LogP contribution in [-0.2, 0) is 14.6 Å². The number of hydrogen-bond acceptors (Lipinski definition) is 6. The van der Waals surface area contributed by atoms with E-state index in [9.17, 15) is 23.1 Å². The van der Waals surface area contributed by atoms with Gasteiger partial charge in [-0.2, -0.15) is 0 Å². The fourth-order valence-corrected chi connectivity index (χ4v) is 3.66. The molecule has 0 spiro atoms. The van der Waals surface area contributed by atoms with E-state index < -0.39 is 28.2 Å². The number of anilines is 1. The summed E-state index contributed by atoms with van der Waals surface area (Å²) in [6.45, 7) is -1.32. The molecule has 0 saturated heterocycles. The molecular weight excluding hydrogens is 360 g/mol. The zero-order valence-corrected chi connectivity index (χ0v) is 14.5. The number of carbonyl (C=O) groups is 2. The van der Waals surface area contributed by atoms with Gasteiger partial charge >= 0.3 is 0 Å². The molecule has 0 aliphatic rings. The predicted octanol–water partition coefficient (Wildman–Crippen LogP) is 0.921. The lowest BCUT2D eigenvalue weighted by Crippen LogP contribution is -2.37. The van der Waals surface area contributed by atoms with Crippen LogP contribution in [0.1, 0.15) is 10.4 Å². The Bertz CT molecular complexity index is 853. The molecule has 0 fully saturated rings. The summed E-state index contributed by atoms with van der Waals surface area (Å²) in [6, 6.07) is 13.9. The molecule has 0 aliphatic heterocycles. The van der Waals surface area contributed by atoms with Gasteiger partial charge in [-0.05, 0) is 36.4 Å². The molecule has 2 aromatic rings. The molecule has 0 aromatic heterocycles. The molecule has 138 valence electrons. The quantitative estimate of drug-likeness (QED) is 0.356. The van der Waals surface area contributed by atoms with Gasteiger partial charge in [-0.3, -0.25) is 14.8 Å². The molecule has 2 rings (SSSR count). The van der Waals surface area contributed by atoms with Crippen molar-refractivity contribution in [3.63, 3.8) is 0 Å². The van der Waals surface area contributed by atoms with Gasteiger partial charge in [0.05, 0.1) is 18.0 Å². The fraction of sp³-hybridized carbons (Fsp3) is 0.176. The second kappa shape index (κ2) is 8.56. The summed E-state index contributed by atoms with van der Waals surface area (Å²) in [5.74, 6) is -0.337. The van der Waals surface area contributed by atoms with E-state index >= 15 is 0 Å². The van der Waals surface area contributed by atoms with Gasteiger partial charge in [0.2, 0.25) is 6.41 Å². The van der Waals surface area contributed by atoms with E-state index in [-0.39, 0.29) is 22.3 Å². The molecule has 0 heterocycles. The number of benzene rings is 2. The van der Waals surface area contributed by atoms with Crippen LogP contribution in [0.4, 0.5) is 5.69 Å². The number of amides is 2. The molecule has 0 saturated carbocycles. The average Bonchev–Trinajstić information content (AvgIpc) is 2.66. The monoisotopic (exact) mass is 378 g/mol. The van der Waals surface area contributed by atoms with Gasteiger partial charge < -0.3 is 10.4 Å². The smallest absolute Gasteiger partial charge is 0.255 e. The van der Waals surface area contributed by atoms with E-state index in [1.165, 1.54) is 24.3 Å². The van der Waals surface area contributed by atoms with Crippen molar-refractivity contribution in [2.75, 3.05) is 18.5 Å². The van der Waals surface area contributed by atoms with Gasteiger partial charge in [0, 0.05) is 11.3 Å². The van der Waals surface area contributed by atoms with Crippen LogP contribution in [0, 0.1) is 0 Å². The van der Waals surface area contributed by atoms with Crippen molar-refractivity contribution >= 4 is 27.8 Å². The highest BCUT2D eigenvalue weighted by Crippen LogP contribution is 2.20. The second-order valence-corrected chi connectivity index (χ2v) is 7.65. The highest BCUT2D eigenvalue weighted by atomic mass is 32.2. The van der Waals surface area contributed by atoms with Crippen molar-refractivity contribution in [2.45, 2.75) is 10.1 Å². The first-order chi connectivity index (χ1) is 12.4. The lowest BCUT2D eigenvalue weighted by Gasteiger charge is -2.18. The Morgan fingerprint density at radius 3 is 2.27 bits per heavy atom. The van der Waals surface area contributed by atoms with Gasteiger partial charge in [-0.25, -0.2) is 13.5 Å². The Morgan fingerprint density at radius 2 is 1.73 bits per heavy atom. The molecule has 0 radical (unpaired) electrons. The third kappa shape index (κ3) is 4.66. The van der Waals surface area contributed by atoms with Crippen molar-refractivity contribution in [3.05, 3.63) is 60.2 Å². The van der Waals surface area contributed by atoms with Crippen molar-refractivity contribution in [1.29, 1.82) is 0 Å². The summed E-state index contributed by atoms with van der Waals surface area (Å²) in [7, 11) is -3.98. The lowest BCUT2D eigenvalue weighted by atomic mass is 10.2. The van der Waals surface area contributed by atoms with E-state index in [0.29, 0.717) is 11.3 Å². The number of nitrogens with zero attached hydrogens (tertiary/aromatic N) is 1. The molecule has 0 bridgehead atoms. The first kappa shape index (κ1) is 19.6. The Labute approximate surface area is 150 Å². The third-order valence-corrected chi connectivity index (χ3v) is 5.74. The van der Waals surface area contributed by atoms with Crippen LogP contribution in [-0.4, -0.2) is 54.5 Å². The Kier molecular flexibility index (Phi) is 6.45. The van der Waals surface area contributed by atoms with Crippen LogP contribution in [0.3, 0.4) is 0 Å². The summed E-state index contributed by atoms with van der Waals surface area (Å²) in [5, 5.41) is 19.9. The molecule has 9 heteroatoms. The molecule has 2 amide bonds. The summed E-state index contributed by atoms with van der Waals surface area (Å²) in [4.78, 5) is 22.4. The van der Waals surface area contributed by atoms with Gasteiger partial charge in [0.1, 0.15) is 5.25 Å². The third-order valence-electron chi connectivity index (χ3n) is 3.63. The van der Waals surface area contributed by atoms with E-state index in [0.717, 1.165) is 0 Å². The predicted molar refractivity (Wildman–Crippen MR) is 93.5 cm³/mol. The molecule has 1 atom stereocenters. The minimum Gasteiger partial charge on any atom is -0.395 e. The summed E-state index contributed by atoms with van der Waals surface area (Å²) >= 11 is 0. The fourth-order valence-electron chi connectivity index (χ4n) is 2.22. The zero-order chi connectivity index (χ0) is 19.2. The van der Waals surface area contributed by atoms with Crippen molar-refractivity contribution in [1.82, 2.24) is 5.06 Å². The summed E-state index contributed by atoms with van der Waals surface area (Å²) in [6.07, 6.45) is 0.0559. The number of aliphatic hydroxyl groups excluding tert-OH is 1. The van der Waals surface area contributed by atoms with Crippen LogP contribution < -0.4 is 5.32 Å². The van der Waals surface area contributed by atoms with Crippen LogP contribution in [0.15, 0.2) is 59.5 Å². The van der Waals surface area contributed by atoms with E-state index in [1.54, 1.807) is 30.3 Å². The summed E-state index contributed by atoms with van der Waals surface area (Å²) < 4.78 is 24.9. The maximum absolute atomic E-state index is 12.5. The minimum atomic E-state index is -3.98. The number of carbonyl (C=O) groups excluding carboxylic acids is 2. The second-order valence-electron chi connectivity index (χ2n) is 5.42. The topological polar surface area (TPSA) is 124 Å². The van der Waals surface area contributed by atoms with Gasteiger partial charge in [0.25, 0.3) is 5.91 Å². The Hall–Kier alpha value is -2.75. The Morgan fingerprint density at radius 1 is 1.12 bits per heavy atom. The van der Waals surface area contributed by atoms with Crippen molar-refractivity contribution in [2.24, 2.45) is 0 Å². The first-order valence-corrected chi connectivity index (χ1v) is 9.15. The van der Waals surface area contributed by atoms with Crippen molar-refractivity contribution < 1.29 is 28.3 Å². The Balaban J connectivity index is 2.15. The van der Waals surface area contributed by atoms with E-state index in [4.69, 9.17) is 5.21 Å². The largest absolute Gasteiger partial charge is 0.395 e. The number of rotatable bonds is 8. The number of sulfone groups is 1. The molecule has 26 heavy (non-hydrogen) atoms. The van der Waals surface area contributed by atoms with Crippen LogP contribution in [0.5, 0.6) is 0 Å². The van der Waals surface area contributed by atoms with Crippen LogP contribution in [0.2, 0.25) is 0 Å². The number of aliphatic hydroxyl groups is 1. The molecule has 2 aromatic carbocycles. The maximum Gasteiger partial charge on any atom is 0.255 e. The van der Waals surface area contributed by atoms with Crippen LogP contribution in [0.25, 0.3) is 0 Å². The van der Waals surface area contributed by atoms with Gasteiger partial charge in [-0.1, -0.05) is 18.2 Å². The van der Waals surface area contributed by atoms with Crippen molar-refractivity contribution in [3.8, 4) is 0 Å². The molecule has 1 unspecified atom stereocenters. The summed E-state index contributed by atoms with van der Waals surface area (Å²) in [5.41, 5.74) is 0.858. The molecule has 0 aliphatic carbocycles. The molecule has 8 nitrogen and oxygen atoms in total. The number of hydroxylamine groups is 2. The SMILES string of the molecule is O=CN(O)CC(CO)S(=O)(=O)c1ccc(NC(=O)c2ccccc2)cc1. The highest BCUT2D eigenvalue weighted by Gasteiger charge is 2.28. The molecular formula is C17H18N2O6S. The normalized spacial score (nSPS) is 12.2. The van der Waals surface area contributed by atoms with Gasteiger partial charge in [0.15, 0.2) is 9.84 Å². The standard InChI is InChI=1S/C17H18N2O6S/c20-11-16(10-19(23)12-21)26(24,25)15-8-6-14(7-9-15)18-17(22)13-4-2-1-3-5-13/h1-9,12,16,20,23H,10-11H2,(H,18,22). The molecule has 3 N–H and O–H groups in total. The van der Waals surface area contributed by atoms with E-state index in [1.807, 2.05) is 0 Å².